The first-order valence-electron chi connectivity index (χ1n) is 10.4. The molecule has 1 fully saturated rings. The number of carbonyl (C=O) groups is 1. The predicted molar refractivity (Wildman–Crippen MR) is 120 cm³/mol. The minimum atomic E-state index is -3.95. The molecule has 1 aliphatic rings. The highest BCUT2D eigenvalue weighted by Crippen LogP contribution is 2.37. The zero-order chi connectivity index (χ0) is 26.2. The highest BCUT2D eigenvalue weighted by molar-refractivity contribution is 7.89. The second-order valence-corrected chi connectivity index (χ2v) is 9.56. The highest BCUT2D eigenvalue weighted by atomic mass is 32.2. The third kappa shape index (κ3) is 5.10. The maximum absolute atomic E-state index is 11.6. The number of ether oxygens (including phenoxy) is 2. The number of phenolic OH excluding ortho intramolecular Hbond substituents is 1. The van der Waals surface area contributed by atoms with E-state index < -0.39 is 53.3 Å². The Labute approximate surface area is 204 Å². The third-order valence-electron chi connectivity index (χ3n) is 5.55. The Morgan fingerprint density at radius 1 is 1.03 bits per heavy atom. The molecule has 7 N–H and O–H groups in total. The predicted octanol–water partition coefficient (Wildman–Crippen LogP) is -0.230. The fraction of sp³-hybridized carbons (Fsp3) is 0.273. The van der Waals surface area contributed by atoms with Crippen LogP contribution < -0.4 is 5.14 Å². The van der Waals surface area contributed by atoms with Crippen molar-refractivity contribution in [3.63, 3.8) is 0 Å². The molecule has 2 aromatic carbocycles. The second-order valence-electron chi connectivity index (χ2n) is 8.00. The zero-order valence-corrected chi connectivity index (χ0v) is 19.1. The molecule has 14 heteroatoms. The number of nitrogens with two attached hydrogens (primary N) is 1. The lowest BCUT2D eigenvalue weighted by molar-refractivity contribution is -0.297. The first-order chi connectivity index (χ1) is 17.0. The van der Waals surface area contributed by atoms with E-state index in [1.54, 1.807) is 12.1 Å². The molecular formula is C22H22N2O11S. The maximum atomic E-state index is 11.6. The lowest BCUT2D eigenvalue weighted by Gasteiger charge is -2.38. The molecule has 0 saturated carbocycles. The van der Waals surface area contributed by atoms with Crippen molar-refractivity contribution < 1.29 is 52.7 Å². The first-order valence-corrected chi connectivity index (χ1v) is 12.0. The van der Waals surface area contributed by atoms with Crippen molar-refractivity contribution in [2.24, 2.45) is 5.14 Å². The number of primary sulfonamides is 1. The first kappa shape index (κ1) is 25.7. The molecule has 1 saturated heterocycles. The van der Waals surface area contributed by atoms with Crippen LogP contribution in [0.15, 0.2) is 57.9 Å². The number of benzene rings is 2. The molecule has 1 aliphatic heterocycles. The number of nitrogens with zero attached hydrogens (tertiary/aromatic N) is 1. The van der Waals surface area contributed by atoms with E-state index in [9.17, 15) is 38.7 Å². The Balaban J connectivity index is 1.69. The monoisotopic (exact) mass is 522 g/mol. The Morgan fingerprint density at radius 3 is 2.33 bits per heavy atom. The van der Waals surface area contributed by atoms with Crippen molar-refractivity contribution in [2.45, 2.75) is 42.2 Å². The molecule has 3 aromatic rings. The minimum absolute atomic E-state index is 0.0465. The number of rotatable bonds is 7. The Bertz CT molecular complexity index is 1360. The van der Waals surface area contributed by atoms with Crippen molar-refractivity contribution in [2.75, 3.05) is 0 Å². The van der Waals surface area contributed by atoms with E-state index in [-0.39, 0.29) is 22.1 Å². The second kappa shape index (κ2) is 9.94. The molecule has 0 bridgehead atoms. The van der Waals surface area contributed by atoms with Gasteiger partial charge in [-0.15, -0.1) is 0 Å². The van der Waals surface area contributed by atoms with Gasteiger partial charge in [0.25, 0.3) is 0 Å². The standard InChI is InChI=1S/C22H22N2O11S/c23-36(31,32)13-6-4-10(5-7-13)15-14(35-24-16(15)11-2-1-3-12(25)8-11)9-33-22-19(28)17(26)18(27)20(34-22)21(29)30/h1-8,17-20,22,25-28H,9H2,(H,29,30)(H2,23,31,32)/t17-,18-,19+,20-,22+/m0/s1. The number of sulfonamides is 1. The molecule has 1 aromatic heterocycles. The van der Waals surface area contributed by atoms with Crippen LogP contribution in [0.5, 0.6) is 5.75 Å². The molecule has 0 aliphatic carbocycles. The van der Waals surface area contributed by atoms with Gasteiger partial charge in [0.15, 0.2) is 18.2 Å². The summed E-state index contributed by atoms with van der Waals surface area (Å²) in [5, 5.41) is 58.3. The largest absolute Gasteiger partial charge is 0.508 e. The van der Waals surface area contributed by atoms with Crippen LogP contribution in [0.2, 0.25) is 0 Å². The molecule has 0 radical (unpaired) electrons. The van der Waals surface area contributed by atoms with E-state index in [1.165, 1.54) is 36.4 Å². The topological polar surface area (TPSA) is 223 Å². The van der Waals surface area contributed by atoms with Crippen molar-refractivity contribution in [1.29, 1.82) is 0 Å². The van der Waals surface area contributed by atoms with Gasteiger partial charge in [-0.25, -0.2) is 18.4 Å². The van der Waals surface area contributed by atoms with Crippen LogP contribution >= 0.6 is 0 Å². The SMILES string of the molecule is NS(=O)(=O)c1ccc(-c2c(-c3cccc(O)c3)noc2CO[C@@H]2O[C@H](C(=O)O)[C@@H](O)[C@H](O)[C@H]2O)cc1. The van der Waals surface area contributed by atoms with Crippen LogP contribution in [0.25, 0.3) is 22.4 Å². The Morgan fingerprint density at radius 2 is 1.72 bits per heavy atom. The van der Waals surface area contributed by atoms with E-state index in [2.05, 4.69) is 5.16 Å². The molecule has 13 nitrogen and oxygen atoms in total. The van der Waals surface area contributed by atoms with Crippen molar-refractivity contribution in [3.8, 4) is 28.1 Å². The van der Waals surface area contributed by atoms with Crippen LogP contribution in [-0.4, -0.2) is 75.8 Å². The van der Waals surface area contributed by atoms with E-state index >= 15 is 0 Å². The highest BCUT2D eigenvalue weighted by Gasteiger charge is 2.47. The van der Waals surface area contributed by atoms with Gasteiger partial charge in [0.2, 0.25) is 10.0 Å². The Kier molecular flexibility index (Phi) is 7.10. The number of hydrogen-bond acceptors (Lipinski definition) is 11. The average Bonchev–Trinajstić information content (AvgIpc) is 3.25. The number of carboxylic acid groups (broad SMARTS) is 1. The summed E-state index contributed by atoms with van der Waals surface area (Å²) in [5.74, 6) is -1.54. The van der Waals surface area contributed by atoms with Crippen molar-refractivity contribution in [3.05, 3.63) is 54.3 Å². The lowest BCUT2D eigenvalue weighted by Crippen LogP contribution is -2.60. The fourth-order valence-electron chi connectivity index (χ4n) is 3.73. The number of carboxylic acids is 1. The summed E-state index contributed by atoms with van der Waals surface area (Å²) in [6.07, 6.45) is -9.00. The fourth-order valence-corrected chi connectivity index (χ4v) is 4.24. The van der Waals surface area contributed by atoms with Crippen LogP contribution in [-0.2, 0) is 30.9 Å². The number of hydrogen-bond donors (Lipinski definition) is 6. The number of phenols is 1. The normalized spacial score (nSPS) is 24.5. The molecule has 0 spiro atoms. The van der Waals surface area contributed by atoms with Gasteiger partial charge in [-0.1, -0.05) is 29.4 Å². The van der Waals surface area contributed by atoms with Gasteiger partial charge >= 0.3 is 5.97 Å². The molecule has 36 heavy (non-hydrogen) atoms. The third-order valence-corrected chi connectivity index (χ3v) is 6.47. The summed E-state index contributed by atoms with van der Waals surface area (Å²) in [6.45, 7) is -0.436. The quantitative estimate of drug-likeness (QED) is 0.237. The molecule has 5 atom stereocenters. The van der Waals surface area contributed by atoms with Crippen molar-refractivity contribution >= 4 is 16.0 Å². The summed E-state index contributed by atoms with van der Waals surface area (Å²) < 4.78 is 39.3. The minimum Gasteiger partial charge on any atom is -0.508 e. The molecule has 2 heterocycles. The van der Waals surface area contributed by atoms with E-state index in [0.29, 0.717) is 16.7 Å². The number of aliphatic carboxylic acids is 1. The van der Waals surface area contributed by atoms with Crippen LogP contribution in [0.1, 0.15) is 5.76 Å². The summed E-state index contributed by atoms with van der Waals surface area (Å²) in [7, 11) is -3.95. The molecule has 4 rings (SSSR count). The summed E-state index contributed by atoms with van der Waals surface area (Å²) in [5.41, 5.74) is 1.48. The van der Waals surface area contributed by atoms with Gasteiger partial charge in [0.1, 0.15) is 36.4 Å². The summed E-state index contributed by atoms with van der Waals surface area (Å²) in [6, 6.07) is 11.6. The van der Waals surface area contributed by atoms with Gasteiger partial charge in [-0.3, -0.25) is 0 Å². The number of aliphatic hydroxyl groups is 3. The lowest BCUT2D eigenvalue weighted by atomic mass is 9.98. The number of aromatic hydroxyl groups is 1. The summed E-state index contributed by atoms with van der Waals surface area (Å²) >= 11 is 0. The van der Waals surface area contributed by atoms with E-state index in [4.69, 9.17) is 19.1 Å². The van der Waals surface area contributed by atoms with Crippen LogP contribution in [0.3, 0.4) is 0 Å². The molecule has 192 valence electrons. The van der Waals surface area contributed by atoms with Crippen LogP contribution in [0.4, 0.5) is 0 Å². The van der Waals surface area contributed by atoms with Gasteiger partial charge < -0.3 is 39.5 Å². The maximum Gasteiger partial charge on any atom is 0.335 e. The number of aliphatic hydroxyl groups excluding tert-OH is 3. The smallest absolute Gasteiger partial charge is 0.335 e. The molecule has 0 unspecified atom stereocenters. The van der Waals surface area contributed by atoms with Crippen LogP contribution in [0, 0.1) is 0 Å². The van der Waals surface area contributed by atoms with Gasteiger partial charge in [0.05, 0.1) is 10.5 Å². The van der Waals surface area contributed by atoms with Gasteiger partial charge in [-0.2, -0.15) is 0 Å². The van der Waals surface area contributed by atoms with Gasteiger partial charge in [-0.05, 0) is 29.8 Å². The Hall–Kier alpha value is -3.37. The van der Waals surface area contributed by atoms with Crippen molar-refractivity contribution in [1.82, 2.24) is 5.16 Å². The van der Waals surface area contributed by atoms with E-state index in [0.717, 1.165) is 0 Å². The number of aromatic nitrogens is 1. The average molecular weight is 522 g/mol. The zero-order valence-electron chi connectivity index (χ0n) is 18.3. The summed E-state index contributed by atoms with van der Waals surface area (Å²) in [4.78, 5) is 11.2. The molecule has 0 amide bonds. The molecular weight excluding hydrogens is 500 g/mol. The van der Waals surface area contributed by atoms with Gasteiger partial charge in [0, 0.05) is 5.56 Å². The van der Waals surface area contributed by atoms with E-state index in [1.807, 2.05) is 0 Å².